The van der Waals surface area contributed by atoms with E-state index in [1.165, 1.54) is 0 Å². The molecular weight excluding hydrogens is 232 g/mol. The highest BCUT2D eigenvalue weighted by Crippen LogP contribution is 2.31. The molecule has 4 heterocycles. The highest BCUT2D eigenvalue weighted by molar-refractivity contribution is 7.25. The first-order chi connectivity index (χ1) is 8.42. The largest absolute Gasteiger partial charge is 0.264 e. The van der Waals surface area contributed by atoms with Crippen LogP contribution in [0.2, 0.25) is 0 Å². The lowest BCUT2D eigenvalue weighted by Crippen LogP contribution is -1.86. The monoisotopic (exact) mass is 238 g/mol. The van der Waals surface area contributed by atoms with Crippen molar-refractivity contribution in [3.05, 3.63) is 36.8 Å². The van der Waals surface area contributed by atoms with Gasteiger partial charge in [0.2, 0.25) is 0 Å². The molecule has 0 aliphatic heterocycles. The summed E-state index contributed by atoms with van der Waals surface area (Å²) in [6, 6.07) is 5.79. The normalized spacial score (nSPS) is 11.5. The lowest BCUT2D eigenvalue weighted by atomic mass is 10.3. The third-order valence-corrected chi connectivity index (χ3v) is 3.71. The molecule has 0 atom stereocenters. The summed E-state index contributed by atoms with van der Waals surface area (Å²) in [5.74, 6) is 0. The highest BCUT2D eigenvalue weighted by Gasteiger charge is 2.09. The average molecular weight is 238 g/mol. The second-order valence-electron chi connectivity index (χ2n) is 3.70. The Bertz CT molecular complexity index is 847. The molecule has 4 aromatic rings. The van der Waals surface area contributed by atoms with Crippen molar-refractivity contribution in [1.82, 2.24) is 19.9 Å². The van der Waals surface area contributed by atoms with Crippen LogP contribution in [0.3, 0.4) is 0 Å². The fourth-order valence-electron chi connectivity index (χ4n) is 1.88. The molecule has 0 N–H and O–H groups in total. The maximum absolute atomic E-state index is 4.58. The molecule has 4 nitrogen and oxygen atoms in total. The number of aromatic nitrogens is 4. The molecule has 17 heavy (non-hydrogen) atoms. The van der Waals surface area contributed by atoms with E-state index < -0.39 is 0 Å². The Kier molecular flexibility index (Phi) is 1.67. The molecule has 0 bridgehead atoms. The van der Waals surface area contributed by atoms with E-state index in [1.807, 2.05) is 24.4 Å². The summed E-state index contributed by atoms with van der Waals surface area (Å²) in [6.45, 7) is 0. The van der Waals surface area contributed by atoms with Crippen LogP contribution in [0.5, 0.6) is 0 Å². The van der Waals surface area contributed by atoms with Gasteiger partial charge in [0, 0.05) is 28.7 Å². The van der Waals surface area contributed by atoms with Crippen molar-refractivity contribution in [3.8, 4) is 0 Å². The zero-order chi connectivity index (χ0) is 11.2. The molecule has 0 amide bonds. The highest BCUT2D eigenvalue weighted by atomic mass is 32.1. The maximum atomic E-state index is 4.58. The van der Waals surface area contributed by atoms with E-state index in [4.69, 9.17) is 0 Å². The van der Waals surface area contributed by atoms with Crippen LogP contribution in [0.15, 0.2) is 36.8 Å². The van der Waals surface area contributed by atoms with Gasteiger partial charge in [-0.1, -0.05) is 0 Å². The number of hydrogen-bond acceptors (Lipinski definition) is 5. The van der Waals surface area contributed by atoms with Crippen molar-refractivity contribution in [2.45, 2.75) is 0 Å². The molecule has 0 unspecified atom stereocenters. The standard InChI is InChI=1S/C12H6N4S/c1-2-8-11(14-4-1)16-10-7-6-13-5-3-9(7)17-12(10)15-8/h1-6H. The van der Waals surface area contributed by atoms with Crippen LogP contribution in [-0.4, -0.2) is 19.9 Å². The van der Waals surface area contributed by atoms with E-state index in [2.05, 4.69) is 19.9 Å². The van der Waals surface area contributed by atoms with E-state index >= 15 is 0 Å². The van der Waals surface area contributed by atoms with Gasteiger partial charge in [-0.3, -0.25) is 4.98 Å². The summed E-state index contributed by atoms with van der Waals surface area (Å²) in [6.07, 6.45) is 5.35. The fourth-order valence-corrected chi connectivity index (χ4v) is 2.87. The molecule has 0 aliphatic rings. The lowest BCUT2D eigenvalue weighted by Gasteiger charge is -1.94. The third kappa shape index (κ3) is 1.23. The Hall–Kier alpha value is -2.14. The Balaban J connectivity index is 2.28. The first-order valence-electron chi connectivity index (χ1n) is 5.17. The topological polar surface area (TPSA) is 51.6 Å². The fraction of sp³-hybridized carbons (Fsp3) is 0. The molecule has 4 rings (SSSR count). The molecule has 0 saturated heterocycles. The van der Waals surface area contributed by atoms with E-state index in [0.717, 1.165) is 25.9 Å². The second-order valence-corrected chi connectivity index (χ2v) is 4.73. The second kappa shape index (κ2) is 3.18. The molecule has 5 heteroatoms. The van der Waals surface area contributed by atoms with Gasteiger partial charge in [0.15, 0.2) is 5.65 Å². The zero-order valence-corrected chi connectivity index (χ0v) is 9.48. The molecule has 0 spiro atoms. The number of pyridine rings is 2. The van der Waals surface area contributed by atoms with Crippen LogP contribution in [0.25, 0.3) is 31.6 Å². The number of hydrogen-bond donors (Lipinski definition) is 0. The summed E-state index contributed by atoms with van der Waals surface area (Å²) in [5, 5.41) is 1.05. The summed E-state index contributed by atoms with van der Waals surface area (Å²) in [7, 11) is 0. The van der Waals surface area contributed by atoms with Crippen LogP contribution in [-0.2, 0) is 0 Å². The summed E-state index contributed by atoms with van der Waals surface area (Å²) < 4.78 is 1.16. The minimum Gasteiger partial charge on any atom is -0.264 e. The van der Waals surface area contributed by atoms with Crippen LogP contribution in [0.4, 0.5) is 0 Å². The van der Waals surface area contributed by atoms with Gasteiger partial charge < -0.3 is 0 Å². The minimum atomic E-state index is 0.684. The Morgan fingerprint density at radius 3 is 3.06 bits per heavy atom. The number of rotatable bonds is 0. The van der Waals surface area contributed by atoms with Crippen molar-refractivity contribution in [2.75, 3.05) is 0 Å². The average Bonchev–Trinajstić information content (AvgIpc) is 2.73. The van der Waals surface area contributed by atoms with Crippen LogP contribution >= 0.6 is 11.3 Å². The van der Waals surface area contributed by atoms with Gasteiger partial charge in [-0.15, -0.1) is 11.3 Å². The lowest BCUT2D eigenvalue weighted by molar-refractivity contribution is 1.29. The van der Waals surface area contributed by atoms with Crippen LogP contribution < -0.4 is 0 Å². The van der Waals surface area contributed by atoms with Gasteiger partial charge in [-0.05, 0) is 18.2 Å². The van der Waals surface area contributed by atoms with E-state index in [1.54, 1.807) is 23.7 Å². The first-order valence-corrected chi connectivity index (χ1v) is 5.98. The van der Waals surface area contributed by atoms with Crippen molar-refractivity contribution < 1.29 is 0 Å². The quantitative estimate of drug-likeness (QED) is 0.472. The van der Waals surface area contributed by atoms with Crippen molar-refractivity contribution in [1.29, 1.82) is 0 Å². The van der Waals surface area contributed by atoms with Crippen molar-refractivity contribution >= 4 is 42.9 Å². The molecule has 0 aliphatic carbocycles. The summed E-state index contributed by atoms with van der Waals surface area (Å²) in [5.41, 5.74) is 2.41. The van der Waals surface area contributed by atoms with E-state index in [-0.39, 0.29) is 0 Å². The predicted octanol–water partition coefficient (Wildman–Crippen LogP) is 2.79. The third-order valence-electron chi connectivity index (χ3n) is 2.65. The molecule has 0 aromatic carbocycles. The molecule has 0 radical (unpaired) electrons. The number of thiophene rings is 1. The van der Waals surface area contributed by atoms with Gasteiger partial charge in [0.05, 0.1) is 0 Å². The maximum Gasteiger partial charge on any atom is 0.178 e. The van der Waals surface area contributed by atoms with Crippen molar-refractivity contribution in [3.63, 3.8) is 0 Å². The Morgan fingerprint density at radius 1 is 1.06 bits per heavy atom. The van der Waals surface area contributed by atoms with Crippen molar-refractivity contribution in [2.24, 2.45) is 0 Å². The van der Waals surface area contributed by atoms with Gasteiger partial charge in [0.25, 0.3) is 0 Å². The van der Waals surface area contributed by atoms with Gasteiger partial charge in [0.1, 0.15) is 15.9 Å². The molecule has 0 fully saturated rings. The molecular formula is C12H6N4S. The summed E-state index contributed by atoms with van der Waals surface area (Å²) in [4.78, 5) is 18.4. The first kappa shape index (κ1) is 8.95. The van der Waals surface area contributed by atoms with E-state index in [0.29, 0.717) is 5.65 Å². The predicted molar refractivity (Wildman–Crippen MR) is 68.0 cm³/mol. The number of nitrogens with zero attached hydrogens (tertiary/aromatic N) is 4. The Labute approximate surface area is 100.0 Å². The van der Waals surface area contributed by atoms with Gasteiger partial charge in [-0.2, -0.15) is 0 Å². The van der Waals surface area contributed by atoms with Gasteiger partial charge in [-0.25, -0.2) is 15.0 Å². The molecule has 0 saturated carbocycles. The van der Waals surface area contributed by atoms with E-state index in [9.17, 15) is 0 Å². The molecule has 80 valence electrons. The minimum absolute atomic E-state index is 0.684. The molecule has 4 aromatic heterocycles. The zero-order valence-electron chi connectivity index (χ0n) is 8.66. The van der Waals surface area contributed by atoms with Gasteiger partial charge >= 0.3 is 0 Å². The summed E-state index contributed by atoms with van der Waals surface area (Å²) >= 11 is 1.64. The smallest absolute Gasteiger partial charge is 0.178 e. The SMILES string of the molecule is c1cnc2nc3c(nc2c1)sc1ccncc13. The van der Waals surface area contributed by atoms with Crippen LogP contribution in [0.1, 0.15) is 0 Å². The van der Waals surface area contributed by atoms with Crippen LogP contribution in [0, 0.1) is 0 Å². The Morgan fingerprint density at radius 2 is 2.06 bits per heavy atom. The number of fused-ring (bicyclic) bond motifs is 4.